The highest BCUT2D eigenvalue weighted by molar-refractivity contribution is 5.80. The molecule has 7 heteroatoms. The van der Waals surface area contributed by atoms with Gasteiger partial charge in [-0.3, -0.25) is 0 Å². The van der Waals surface area contributed by atoms with Crippen molar-refractivity contribution >= 4 is 6.21 Å². The molecule has 0 amide bonds. The summed E-state index contributed by atoms with van der Waals surface area (Å²) in [6.45, 7) is 7.00. The first-order chi connectivity index (χ1) is 10.3. The number of nitriles is 2. The smallest absolute Gasteiger partial charge is 0.159 e. The molecule has 2 rings (SSSR count). The molecule has 2 N–H and O–H groups in total. The summed E-state index contributed by atoms with van der Waals surface area (Å²) in [5.74, 6) is 6.37. The van der Waals surface area contributed by atoms with Crippen LogP contribution in [0.3, 0.4) is 0 Å². The Hall–Kier alpha value is -3.45. The van der Waals surface area contributed by atoms with Gasteiger partial charge in [-0.05, 0) is 5.56 Å². The molecular weight excluding hydrogens is 268 g/mol. The monoisotopic (exact) mass is 282 g/mol. The van der Waals surface area contributed by atoms with E-state index in [4.69, 9.17) is 21.1 Å². The number of hydrazone groups is 1. The maximum atomic E-state index is 6.50. The van der Waals surface area contributed by atoms with Crippen LogP contribution in [0.1, 0.15) is 5.56 Å². The van der Waals surface area contributed by atoms with E-state index in [0.717, 1.165) is 11.1 Å². The Kier molecular flexibility index (Phi) is 8.75. The van der Waals surface area contributed by atoms with Gasteiger partial charge in [0.05, 0.1) is 25.7 Å². The van der Waals surface area contributed by atoms with E-state index in [2.05, 4.69) is 28.2 Å². The number of ether oxygens (including phenoxy) is 1. The predicted molar refractivity (Wildman–Crippen MR) is 79.1 cm³/mol. The van der Waals surface area contributed by atoms with Crippen LogP contribution in [0.25, 0.3) is 11.4 Å². The standard InChI is InChI=1S/C12H12N4O.2CHN/c1-17-11-7-14-12(15-8-11)10-4-2-9(3-5-10)6-16-13;2*1-2/h2-8H,13H2,1H3;2*1H. The van der Waals surface area contributed by atoms with Crippen LogP contribution in [-0.4, -0.2) is 23.3 Å². The summed E-state index contributed by atoms with van der Waals surface area (Å²) in [5, 5.41) is 16.5. The third-order valence-electron chi connectivity index (χ3n) is 2.26. The summed E-state index contributed by atoms with van der Waals surface area (Å²) in [6, 6.07) is 7.64. The highest BCUT2D eigenvalue weighted by atomic mass is 16.5. The van der Waals surface area contributed by atoms with Gasteiger partial charge in [0, 0.05) is 18.7 Å². The minimum atomic E-state index is 0.639. The van der Waals surface area contributed by atoms with Gasteiger partial charge in [-0.1, -0.05) is 24.3 Å². The minimum absolute atomic E-state index is 0.639. The lowest BCUT2D eigenvalue weighted by Crippen LogP contribution is -1.91. The van der Waals surface area contributed by atoms with E-state index in [0.29, 0.717) is 11.6 Å². The number of nitrogens with two attached hydrogens (primary N) is 1. The van der Waals surface area contributed by atoms with E-state index in [1.807, 2.05) is 24.3 Å². The van der Waals surface area contributed by atoms with Gasteiger partial charge in [-0.2, -0.15) is 5.10 Å². The van der Waals surface area contributed by atoms with E-state index >= 15 is 0 Å². The average molecular weight is 282 g/mol. The van der Waals surface area contributed by atoms with Gasteiger partial charge in [0.25, 0.3) is 0 Å². The van der Waals surface area contributed by atoms with E-state index in [1.165, 1.54) is 0 Å². The van der Waals surface area contributed by atoms with E-state index in [9.17, 15) is 0 Å². The SMILES string of the molecule is C#N.C#N.COc1cnc(-c2ccc(C=NN)cc2)nc1. The van der Waals surface area contributed by atoms with Crippen LogP contribution in [-0.2, 0) is 0 Å². The normalized spacial score (nSPS) is 8.81. The van der Waals surface area contributed by atoms with Gasteiger partial charge >= 0.3 is 0 Å². The maximum absolute atomic E-state index is 6.50. The van der Waals surface area contributed by atoms with Crippen LogP contribution >= 0.6 is 0 Å². The molecule has 0 atom stereocenters. The molecule has 0 aliphatic rings. The van der Waals surface area contributed by atoms with E-state index < -0.39 is 0 Å². The molecule has 2 aromatic rings. The zero-order chi connectivity index (χ0) is 16.1. The summed E-state index contributed by atoms with van der Waals surface area (Å²) in [4.78, 5) is 8.40. The maximum Gasteiger partial charge on any atom is 0.159 e. The van der Waals surface area contributed by atoms with Gasteiger partial charge in [0.2, 0.25) is 0 Å². The molecule has 0 aliphatic carbocycles. The summed E-state index contributed by atoms with van der Waals surface area (Å²) < 4.78 is 5.00. The van der Waals surface area contributed by atoms with Crippen molar-refractivity contribution in [3.63, 3.8) is 0 Å². The van der Waals surface area contributed by atoms with Gasteiger partial charge in [0.1, 0.15) is 0 Å². The molecular formula is C14H14N6O. The van der Waals surface area contributed by atoms with Crippen molar-refractivity contribution < 1.29 is 4.74 Å². The van der Waals surface area contributed by atoms with Crippen LogP contribution in [0.15, 0.2) is 41.8 Å². The Balaban J connectivity index is 0.000000921. The van der Waals surface area contributed by atoms with Crippen molar-refractivity contribution in [1.82, 2.24) is 9.97 Å². The second-order valence-electron chi connectivity index (χ2n) is 3.35. The Labute approximate surface area is 123 Å². The van der Waals surface area contributed by atoms with Gasteiger partial charge in [-0.25, -0.2) is 20.5 Å². The Morgan fingerprint density at radius 3 is 2.05 bits per heavy atom. The number of rotatable bonds is 3. The lowest BCUT2D eigenvalue weighted by Gasteiger charge is -2.02. The molecule has 0 saturated heterocycles. The fourth-order valence-corrected chi connectivity index (χ4v) is 1.37. The molecule has 0 unspecified atom stereocenters. The second kappa shape index (κ2) is 10.5. The molecule has 1 aromatic heterocycles. The number of nitrogens with zero attached hydrogens (tertiary/aromatic N) is 5. The van der Waals surface area contributed by atoms with Crippen LogP contribution < -0.4 is 10.6 Å². The molecule has 1 aromatic carbocycles. The van der Waals surface area contributed by atoms with Crippen molar-refractivity contribution in [1.29, 1.82) is 10.5 Å². The van der Waals surface area contributed by atoms with Crippen molar-refractivity contribution in [2.24, 2.45) is 10.9 Å². The Morgan fingerprint density at radius 1 is 1.10 bits per heavy atom. The number of aromatic nitrogens is 2. The first kappa shape index (κ1) is 17.6. The first-order valence-electron chi connectivity index (χ1n) is 5.55. The Morgan fingerprint density at radius 2 is 1.62 bits per heavy atom. The third-order valence-corrected chi connectivity index (χ3v) is 2.26. The number of hydrogen-bond acceptors (Lipinski definition) is 7. The summed E-state index contributed by atoms with van der Waals surface area (Å²) in [5.41, 5.74) is 1.87. The van der Waals surface area contributed by atoms with Crippen LogP contribution in [0.4, 0.5) is 0 Å². The second-order valence-corrected chi connectivity index (χ2v) is 3.35. The van der Waals surface area contributed by atoms with E-state index in [1.54, 1.807) is 25.7 Å². The molecule has 0 radical (unpaired) electrons. The molecule has 0 saturated carbocycles. The quantitative estimate of drug-likeness (QED) is 0.519. The highest BCUT2D eigenvalue weighted by Gasteiger charge is 2.01. The van der Waals surface area contributed by atoms with Gasteiger partial charge in [0.15, 0.2) is 11.6 Å². The predicted octanol–water partition coefficient (Wildman–Crippen LogP) is 1.72. The fourth-order valence-electron chi connectivity index (χ4n) is 1.37. The third kappa shape index (κ3) is 5.37. The lowest BCUT2D eigenvalue weighted by atomic mass is 10.1. The molecule has 7 nitrogen and oxygen atoms in total. The zero-order valence-corrected chi connectivity index (χ0v) is 11.4. The van der Waals surface area contributed by atoms with Crippen LogP contribution in [0.2, 0.25) is 0 Å². The molecule has 0 fully saturated rings. The lowest BCUT2D eigenvalue weighted by molar-refractivity contribution is 0.411. The Bertz CT molecular complexity index is 580. The van der Waals surface area contributed by atoms with Crippen LogP contribution in [0, 0.1) is 23.7 Å². The molecule has 0 aliphatic heterocycles. The van der Waals surface area contributed by atoms with E-state index in [-0.39, 0.29) is 0 Å². The summed E-state index contributed by atoms with van der Waals surface area (Å²) in [7, 11) is 1.58. The number of methoxy groups -OCH3 is 1. The average Bonchev–Trinajstić information content (AvgIpc) is 2.60. The number of hydrogen-bond donors (Lipinski definition) is 1. The fraction of sp³-hybridized carbons (Fsp3) is 0.0714. The molecule has 1 heterocycles. The minimum Gasteiger partial charge on any atom is -0.494 e. The first-order valence-corrected chi connectivity index (χ1v) is 5.55. The molecule has 21 heavy (non-hydrogen) atoms. The summed E-state index contributed by atoms with van der Waals surface area (Å²) in [6.07, 6.45) is 4.85. The van der Waals surface area contributed by atoms with Gasteiger partial charge in [-0.15, -0.1) is 0 Å². The number of benzene rings is 1. The van der Waals surface area contributed by atoms with Crippen molar-refractivity contribution in [2.75, 3.05) is 7.11 Å². The summed E-state index contributed by atoms with van der Waals surface area (Å²) >= 11 is 0. The zero-order valence-electron chi connectivity index (χ0n) is 11.4. The van der Waals surface area contributed by atoms with Crippen molar-refractivity contribution in [3.8, 4) is 30.3 Å². The molecule has 106 valence electrons. The molecule has 0 spiro atoms. The van der Waals surface area contributed by atoms with Crippen molar-refractivity contribution in [2.45, 2.75) is 0 Å². The highest BCUT2D eigenvalue weighted by Crippen LogP contribution is 2.16. The topological polar surface area (TPSA) is 121 Å². The van der Waals surface area contributed by atoms with Crippen molar-refractivity contribution in [3.05, 3.63) is 42.2 Å². The largest absolute Gasteiger partial charge is 0.494 e. The molecule has 0 bridgehead atoms. The van der Waals surface area contributed by atoms with Crippen LogP contribution in [0.5, 0.6) is 5.75 Å². The van der Waals surface area contributed by atoms with Gasteiger partial charge < -0.3 is 10.6 Å².